The summed E-state index contributed by atoms with van der Waals surface area (Å²) in [5, 5.41) is 9.71. The summed E-state index contributed by atoms with van der Waals surface area (Å²) in [6.45, 7) is 2.14. The van der Waals surface area contributed by atoms with Crippen molar-refractivity contribution in [3.63, 3.8) is 0 Å². The molecule has 2 aromatic carbocycles. The summed E-state index contributed by atoms with van der Waals surface area (Å²) in [5.41, 5.74) is 4.16. The van der Waals surface area contributed by atoms with Gasteiger partial charge in [0.2, 0.25) is 17.7 Å². The molecule has 2 aromatic heterocycles. The number of aromatic nitrogens is 1. The van der Waals surface area contributed by atoms with Gasteiger partial charge in [-0.25, -0.2) is 4.98 Å². The number of oxazole rings is 1. The number of benzene rings is 2. The van der Waals surface area contributed by atoms with Crippen LogP contribution in [0, 0.1) is 6.92 Å². The lowest BCUT2D eigenvalue weighted by molar-refractivity contribution is -0.120. The molecule has 0 aliphatic heterocycles. The Hall–Kier alpha value is -3.71. The molecular formula is C25H23N3O3S. The molecule has 4 rings (SSSR count). The lowest BCUT2D eigenvalue weighted by Gasteiger charge is -2.06. The zero-order valence-electron chi connectivity index (χ0n) is 17.6. The number of hydrogen-bond acceptors (Lipinski definition) is 5. The number of rotatable bonds is 8. The fraction of sp³-hybridized carbons (Fsp3) is 0.160. The first-order valence-electron chi connectivity index (χ1n) is 10.2. The third-order valence-corrected chi connectivity index (χ3v) is 5.65. The van der Waals surface area contributed by atoms with Crippen molar-refractivity contribution in [2.45, 2.75) is 26.3 Å². The van der Waals surface area contributed by atoms with E-state index in [4.69, 9.17) is 4.42 Å². The Morgan fingerprint density at radius 2 is 1.69 bits per heavy atom. The van der Waals surface area contributed by atoms with Crippen LogP contribution in [0.4, 0.5) is 5.69 Å². The first-order chi connectivity index (χ1) is 15.6. The van der Waals surface area contributed by atoms with Crippen LogP contribution in [0.2, 0.25) is 0 Å². The average Bonchev–Trinajstić information content (AvgIpc) is 3.43. The van der Waals surface area contributed by atoms with E-state index >= 15 is 0 Å². The second-order valence-corrected chi connectivity index (χ2v) is 8.17. The van der Waals surface area contributed by atoms with E-state index in [9.17, 15) is 9.59 Å². The second-order valence-electron chi connectivity index (χ2n) is 7.39. The summed E-state index contributed by atoms with van der Waals surface area (Å²) < 4.78 is 5.79. The molecule has 32 heavy (non-hydrogen) atoms. The Bertz CT molecular complexity index is 1180. The summed E-state index contributed by atoms with van der Waals surface area (Å²) in [7, 11) is 0. The zero-order chi connectivity index (χ0) is 22.3. The number of carbonyl (C=O) groups excluding carboxylic acids is 2. The van der Waals surface area contributed by atoms with E-state index in [1.807, 2.05) is 78.3 Å². The van der Waals surface area contributed by atoms with Crippen molar-refractivity contribution in [3.05, 3.63) is 94.0 Å². The highest BCUT2D eigenvalue weighted by atomic mass is 32.1. The molecule has 4 aromatic rings. The number of thiophene rings is 1. The number of hydrogen-bond donors (Lipinski definition) is 2. The molecule has 0 saturated carbocycles. The van der Waals surface area contributed by atoms with Crippen LogP contribution in [-0.2, 0) is 29.0 Å². The largest absolute Gasteiger partial charge is 0.441 e. The van der Waals surface area contributed by atoms with Crippen molar-refractivity contribution >= 4 is 28.8 Å². The molecule has 0 spiro atoms. The first-order valence-corrected chi connectivity index (χ1v) is 11.2. The van der Waals surface area contributed by atoms with E-state index < -0.39 is 0 Å². The Kier molecular flexibility index (Phi) is 6.77. The van der Waals surface area contributed by atoms with Crippen LogP contribution >= 0.6 is 11.3 Å². The molecule has 0 unspecified atom stereocenters. The Morgan fingerprint density at radius 1 is 0.938 bits per heavy atom. The number of nitrogens with one attached hydrogen (secondary N) is 2. The smallest absolute Gasteiger partial charge is 0.228 e. The monoisotopic (exact) mass is 445 g/mol. The van der Waals surface area contributed by atoms with Gasteiger partial charge in [0, 0.05) is 11.3 Å². The highest BCUT2D eigenvalue weighted by molar-refractivity contribution is 7.08. The highest BCUT2D eigenvalue weighted by Gasteiger charge is 2.13. The molecule has 2 N–H and O–H groups in total. The molecule has 2 heterocycles. The minimum Gasteiger partial charge on any atom is -0.441 e. The topological polar surface area (TPSA) is 84.2 Å². The first kappa shape index (κ1) is 21.5. The van der Waals surface area contributed by atoms with Crippen molar-refractivity contribution in [1.82, 2.24) is 10.3 Å². The van der Waals surface area contributed by atoms with Crippen LogP contribution in [0.3, 0.4) is 0 Å². The summed E-state index contributed by atoms with van der Waals surface area (Å²) in [4.78, 5) is 28.9. The summed E-state index contributed by atoms with van der Waals surface area (Å²) in [6.07, 6.45) is 0.674. The van der Waals surface area contributed by atoms with Crippen molar-refractivity contribution < 1.29 is 14.0 Å². The van der Waals surface area contributed by atoms with Gasteiger partial charge in [-0.15, -0.1) is 0 Å². The van der Waals surface area contributed by atoms with Gasteiger partial charge in [0.15, 0.2) is 0 Å². The van der Waals surface area contributed by atoms with E-state index in [0.717, 1.165) is 16.7 Å². The van der Waals surface area contributed by atoms with E-state index in [0.29, 0.717) is 42.4 Å². The number of amides is 2. The maximum Gasteiger partial charge on any atom is 0.228 e. The Morgan fingerprint density at radius 3 is 2.41 bits per heavy atom. The zero-order valence-corrected chi connectivity index (χ0v) is 18.4. The average molecular weight is 446 g/mol. The van der Waals surface area contributed by atoms with E-state index in [1.54, 1.807) is 11.3 Å². The van der Waals surface area contributed by atoms with Crippen molar-refractivity contribution in [2.24, 2.45) is 0 Å². The SMILES string of the molecule is Cc1oc(-c2ccc(NC(=O)Cc3ccccc3)cc2)nc1CNC(=O)Cc1ccsc1. The number of carbonyl (C=O) groups is 2. The van der Waals surface area contributed by atoms with Gasteiger partial charge in [-0.05, 0) is 59.1 Å². The predicted molar refractivity (Wildman–Crippen MR) is 125 cm³/mol. The summed E-state index contributed by atoms with van der Waals surface area (Å²) >= 11 is 1.57. The number of aryl methyl sites for hydroxylation is 1. The van der Waals surface area contributed by atoms with E-state index in [-0.39, 0.29) is 11.8 Å². The van der Waals surface area contributed by atoms with Crippen LogP contribution in [0.25, 0.3) is 11.5 Å². The molecule has 0 atom stereocenters. The van der Waals surface area contributed by atoms with Crippen LogP contribution in [-0.4, -0.2) is 16.8 Å². The van der Waals surface area contributed by atoms with Crippen LogP contribution in [0.15, 0.2) is 75.8 Å². The maximum absolute atomic E-state index is 12.2. The maximum atomic E-state index is 12.2. The minimum absolute atomic E-state index is 0.0528. The molecule has 7 heteroatoms. The van der Waals surface area contributed by atoms with Gasteiger partial charge < -0.3 is 15.1 Å². The number of anilines is 1. The molecule has 0 aliphatic carbocycles. The molecule has 162 valence electrons. The predicted octanol–water partition coefficient (Wildman–Crippen LogP) is 4.75. The molecule has 6 nitrogen and oxygen atoms in total. The number of nitrogens with zero attached hydrogens (tertiary/aromatic N) is 1. The second kappa shape index (κ2) is 10.1. The quantitative estimate of drug-likeness (QED) is 0.410. The summed E-state index contributed by atoms with van der Waals surface area (Å²) in [5.74, 6) is 1.02. The van der Waals surface area contributed by atoms with Gasteiger partial charge >= 0.3 is 0 Å². The van der Waals surface area contributed by atoms with Crippen LogP contribution in [0.5, 0.6) is 0 Å². The molecule has 0 bridgehead atoms. The molecular weight excluding hydrogens is 422 g/mol. The fourth-order valence-electron chi connectivity index (χ4n) is 3.22. The van der Waals surface area contributed by atoms with Gasteiger partial charge in [0.05, 0.1) is 19.4 Å². The summed E-state index contributed by atoms with van der Waals surface area (Å²) in [6, 6.07) is 18.9. The van der Waals surface area contributed by atoms with Crippen molar-refractivity contribution in [1.29, 1.82) is 0 Å². The third kappa shape index (κ3) is 5.70. The normalized spacial score (nSPS) is 10.7. The lowest BCUT2D eigenvalue weighted by atomic mass is 10.1. The van der Waals surface area contributed by atoms with E-state index in [1.165, 1.54) is 0 Å². The van der Waals surface area contributed by atoms with Crippen molar-refractivity contribution in [3.8, 4) is 11.5 Å². The molecule has 2 amide bonds. The van der Waals surface area contributed by atoms with E-state index in [2.05, 4.69) is 15.6 Å². The molecule has 0 saturated heterocycles. The minimum atomic E-state index is -0.0728. The van der Waals surface area contributed by atoms with Gasteiger partial charge in [0.1, 0.15) is 11.5 Å². The third-order valence-electron chi connectivity index (χ3n) is 4.91. The molecule has 0 aliphatic rings. The van der Waals surface area contributed by atoms with Crippen LogP contribution in [0.1, 0.15) is 22.6 Å². The van der Waals surface area contributed by atoms with Crippen LogP contribution < -0.4 is 10.6 Å². The Labute approximate surface area is 190 Å². The van der Waals surface area contributed by atoms with Gasteiger partial charge in [0.25, 0.3) is 0 Å². The van der Waals surface area contributed by atoms with Gasteiger partial charge in [-0.1, -0.05) is 30.3 Å². The van der Waals surface area contributed by atoms with Crippen molar-refractivity contribution in [2.75, 3.05) is 5.32 Å². The Balaban J connectivity index is 1.33. The molecule has 0 fully saturated rings. The lowest BCUT2D eigenvalue weighted by Crippen LogP contribution is -2.24. The standard InChI is InChI=1S/C25H23N3O3S/c1-17-22(15-26-23(29)14-19-11-12-32-16-19)28-25(31-17)20-7-9-21(10-8-20)27-24(30)13-18-5-3-2-4-6-18/h2-12,16H,13-15H2,1H3,(H,26,29)(H,27,30). The van der Waals surface area contributed by atoms with Gasteiger partial charge in [-0.2, -0.15) is 11.3 Å². The highest BCUT2D eigenvalue weighted by Crippen LogP contribution is 2.23. The fourth-order valence-corrected chi connectivity index (χ4v) is 3.89. The molecule has 0 radical (unpaired) electrons. The van der Waals surface area contributed by atoms with Gasteiger partial charge in [-0.3, -0.25) is 9.59 Å².